The first-order valence-electron chi connectivity index (χ1n) is 12.3. The van der Waals surface area contributed by atoms with Gasteiger partial charge in [-0.2, -0.15) is 0 Å². The summed E-state index contributed by atoms with van der Waals surface area (Å²) in [4.78, 5) is 54.9. The molecule has 1 aromatic heterocycles. The van der Waals surface area contributed by atoms with Crippen molar-refractivity contribution in [3.05, 3.63) is 90.3 Å². The Morgan fingerprint density at radius 1 is 1.05 bits per heavy atom. The monoisotopic (exact) mass is 515 g/mol. The van der Waals surface area contributed by atoms with Crippen LogP contribution < -0.4 is 20.9 Å². The predicted molar refractivity (Wildman–Crippen MR) is 141 cm³/mol. The highest BCUT2D eigenvalue weighted by Gasteiger charge is 2.36. The number of carbonyl (C=O) groups is 4. The van der Waals surface area contributed by atoms with Crippen LogP contribution in [-0.4, -0.2) is 47.0 Å². The summed E-state index contributed by atoms with van der Waals surface area (Å²) in [6, 6.07) is 18.9. The number of pyridine rings is 1. The van der Waals surface area contributed by atoms with E-state index in [0.29, 0.717) is 29.9 Å². The minimum absolute atomic E-state index is 0.00368. The summed E-state index contributed by atoms with van der Waals surface area (Å²) in [7, 11) is 0. The number of rotatable bonds is 10. The maximum atomic E-state index is 13.0. The smallest absolute Gasteiger partial charge is 0.319 e. The molecule has 2 heterocycles. The third kappa shape index (κ3) is 7.16. The van der Waals surface area contributed by atoms with Gasteiger partial charge in [0.15, 0.2) is 0 Å². The average molecular weight is 516 g/mol. The molecule has 1 aliphatic heterocycles. The van der Waals surface area contributed by atoms with Crippen molar-refractivity contribution < 1.29 is 24.3 Å². The normalized spacial score (nSPS) is 15.5. The quantitative estimate of drug-likeness (QED) is 0.327. The predicted octanol–water partition coefficient (Wildman–Crippen LogP) is 3.13. The Hall–Kier alpha value is -4.73. The van der Waals surface area contributed by atoms with Gasteiger partial charge in [0, 0.05) is 43.3 Å². The highest BCUT2D eigenvalue weighted by molar-refractivity contribution is 6.01. The molecule has 0 saturated carbocycles. The van der Waals surface area contributed by atoms with E-state index >= 15 is 0 Å². The van der Waals surface area contributed by atoms with Gasteiger partial charge in [-0.25, -0.2) is 4.79 Å². The number of carboxylic acid groups (broad SMARTS) is 1. The van der Waals surface area contributed by atoms with E-state index in [1.165, 1.54) is 11.1 Å². The summed E-state index contributed by atoms with van der Waals surface area (Å²) in [5.41, 5.74) is 2.76. The van der Waals surface area contributed by atoms with Gasteiger partial charge >= 0.3 is 12.0 Å². The molecule has 0 spiro atoms. The molecule has 38 heavy (non-hydrogen) atoms. The largest absolute Gasteiger partial charge is 0.481 e. The number of carbonyl (C=O) groups excluding carboxylic acids is 3. The second kappa shape index (κ2) is 12.5. The Labute approximate surface area is 220 Å². The number of carboxylic acids is 1. The second-order valence-electron chi connectivity index (χ2n) is 9.02. The van der Waals surface area contributed by atoms with Gasteiger partial charge in [0.1, 0.15) is 0 Å². The van der Waals surface area contributed by atoms with Crippen LogP contribution in [0.4, 0.5) is 16.2 Å². The zero-order valence-electron chi connectivity index (χ0n) is 20.7. The van der Waals surface area contributed by atoms with E-state index in [4.69, 9.17) is 0 Å². The number of aromatic nitrogens is 1. The molecule has 4 rings (SSSR count). The molecule has 1 fully saturated rings. The lowest BCUT2D eigenvalue weighted by Gasteiger charge is -2.20. The Kier molecular flexibility index (Phi) is 8.65. The van der Waals surface area contributed by atoms with Gasteiger partial charge in [0.2, 0.25) is 11.8 Å². The topological polar surface area (TPSA) is 141 Å². The van der Waals surface area contributed by atoms with Crippen LogP contribution in [0.25, 0.3) is 0 Å². The van der Waals surface area contributed by atoms with E-state index in [0.717, 1.165) is 5.56 Å². The summed E-state index contributed by atoms with van der Waals surface area (Å²) in [6.45, 7) is 0.614. The van der Waals surface area contributed by atoms with Crippen LogP contribution in [0.1, 0.15) is 30.0 Å². The number of benzene rings is 2. The highest BCUT2D eigenvalue weighted by atomic mass is 16.4. The Balaban J connectivity index is 1.34. The van der Waals surface area contributed by atoms with Crippen molar-refractivity contribution in [1.29, 1.82) is 0 Å². The number of hydrogen-bond acceptors (Lipinski definition) is 5. The van der Waals surface area contributed by atoms with E-state index in [9.17, 15) is 24.3 Å². The summed E-state index contributed by atoms with van der Waals surface area (Å²) in [5.74, 6) is -2.33. The van der Waals surface area contributed by atoms with Gasteiger partial charge in [-0.3, -0.25) is 19.4 Å². The number of amides is 4. The molecule has 0 aliphatic carbocycles. The maximum Gasteiger partial charge on any atom is 0.319 e. The summed E-state index contributed by atoms with van der Waals surface area (Å²) < 4.78 is 0. The van der Waals surface area contributed by atoms with Crippen LogP contribution in [0.3, 0.4) is 0 Å². The first-order valence-corrected chi connectivity index (χ1v) is 12.3. The molecular weight excluding hydrogens is 486 g/mol. The molecule has 4 amide bonds. The molecule has 4 N–H and O–H groups in total. The fourth-order valence-electron chi connectivity index (χ4n) is 4.32. The van der Waals surface area contributed by atoms with Crippen molar-refractivity contribution in [2.24, 2.45) is 5.92 Å². The minimum Gasteiger partial charge on any atom is -0.481 e. The minimum atomic E-state index is -1.06. The van der Waals surface area contributed by atoms with E-state index in [-0.39, 0.29) is 31.3 Å². The molecule has 196 valence electrons. The number of nitrogens with one attached hydrogen (secondary N) is 3. The molecule has 1 aliphatic rings. The molecule has 0 radical (unpaired) electrons. The standard InChI is InChI=1S/C28H29N5O5/c34-25-14-21(27(37)32-24(16-26(35)36)20-8-5-12-29-17-20)18-33(25)23-10-4-9-22(15-23)31-28(38)30-13-11-19-6-2-1-3-7-19/h1-10,12,15,17,21,24H,11,13-14,16,18H2,(H,32,37)(H,35,36)(H2,30,31,38). The van der Waals surface area contributed by atoms with Crippen molar-refractivity contribution in [2.75, 3.05) is 23.3 Å². The van der Waals surface area contributed by atoms with Crippen molar-refractivity contribution in [2.45, 2.75) is 25.3 Å². The Morgan fingerprint density at radius 2 is 1.87 bits per heavy atom. The van der Waals surface area contributed by atoms with Gasteiger partial charge in [-0.1, -0.05) is 42.5 Å². The summed E-state index contributed by atoms with van der Waals surface area (Å²) in [5, 5.41) is 17.6. The van der Waals surface area contributed by atoms with E-state index in [2.05, 4.69) is 20.9 Å². The van der Waals surface area contributed by atoms with E-state index < -0.39 is 23.8 Å². The zero-order valence-corrected chi connectivity index (χ0v) is 20.7. The SMILES string of the molecule is O=C(O)CC(NC(=O)C1CC(=O)N(c2cccc(NC(=O)NCCc3ccccc3)c2)C1)c1cccnc1. The zero-order chi connectivity index (χ0) is 26.9. The molecule has 10 heteroatoms. The number of urea groups is 1. The first kappa shape index (κ1) is 26.3. The molecular formula is C28H29N5O5. The van der Waals surface area contributed by atoms with Crippen LogP contribution in [0.5, 0.6) is 0 Å². The van der Waals surface area contributed by atoms with E-state index in [1.54, 1.807) is 42.6 Å². The third-order valence-electron chi connectivity index (χ3n) is 6.24. The van der Waals surface area contributed by atoms with Crippen molar-refractivity contribution in [3.8, 4) is 0 Å². The van der Waals surface area contributed by atoms with Gasteiger partial charge < -0.3 is 26.0 Å². The number of anilines is 2. The Morgan fingerprint density at radius 3 is 2.61 bits per heavy atom. The van der Waals surface area contributed by atoms with Gasteiger partial charge in [-0.05, 0) is 41.8 Å². The fourth-order valence-corrected chi connectivity index (χ4v) is 4.32. The number of nitrogens with zero attached hydrogens (tertiary/aromatic N) is 2. The van der Waals surface area contributed by atoms with Crippen molar-refractivity contribution in [3.63, 3.8) is 0 Å². The molecule has 3 aromatic rings. The third-order valence-corrected chi connectivity index (χ3v) is 6.24. The molecule has 2 atom stereocenters. The molecule has 1 saturated heterocycles. The lowest BCUT2D eigenvalue weighted by Crippen LogP contribution is -2.36. The van der Waals surface area contributed by atoms with Crippen LogP contribution in [-0.2, 0) is 20.8 Å². The van der Waals surface area contributed by atoms with Crippen LogP contribution in [0.2, 0.25) is 0 Å². The lowest BCUT2D eigenvalue weighted by molar-refractivity contribution is -0.138. The Bertz CT molecular complexity index is 1290. The first-order chi connectivity index (χ1) is 18.4. The second-order valence-corrected chi connectivity index (χ2v) is 9.02. The maximum absolute atomic E-state index is 13.0. The average Bonchev–Trinajstić information content (AvgIpc) is 3.31. The number of aliphatic carboxylic acids is 1. The van der Waals surface area contributed by atoms with Gasteiger partial charge in [0.25, 0.3) is 0 Å². The lowest BCUT2D eigenvalue weighted by atomic mass is 10.0. The van der Waals surface area contributed by atoms with Gasteiger partial charge in [-0.15, -0.1) is 0 Å². The van der Waals surface area contributed by atoms with Gasteiger partial charge in [0.05, 0.1) is 18.4 Å². The molecule has 2 unspecified atom stereocenters. The van der Waals surface area contributed by atoms with E-state index in [1.807, 2.05) is 30.3 Å². The molecule has 10 nitrogen and oxygen atoms in total. The van der Waals surface area contributed by atoms with Crippen LogP contribution in [0, 0.1) is 5.92 Å². The summed E-state index contributed by atoms with van der Waals surface area (Å²) in [6.07, 6.45) is 3.47. The summed E-state index contributed by atoms with van der Waals surface area (Å²) >= 11 is 0. The highest BCUT2D eigenvalue weighted by Crippen LogP contribution is 2.28. The number of hydrogen-bond donors (Lipinski definition) is 4. The van der Waals surface area contributed by atoms with Crippen molar-refractivity contribution >= 4 is 35.2 Å². The van der Waals surface area contributed by atoms with Crippen LogP contribution in [0.15, 0.2) is 79.1 Å². The van der Waals surface area contributed by atoms with Crippen LogP contribution >= 0.6 is 0 Å². The molecule has 2 aromatic carbocycles. The molecule has 0 bridgehead atoms. The fraction of sp³-hybridized carbons (Fsp3) is 0.250. The van der Waals surface area contributed by atoms with Crippen molar-refractivity contribution in [1.82, 2.24) is 15.6 Å².